The van der Waals surface area contributed by atoms with Crippen molar-refractivity contribution in [2.45, 2.75) is 39.7 Å². The average Bonchev–Trinajstić information content (AvgIpc) is 2.46. The van der Waals surface area contributed by atoms with Crippen LogP contribution in [0.2, 0.25) is 0 Å². The Bertz CT molecular complexity index is 561. The number of benzene rings is 1. The number of hydrogen-bond acceptors (Lipinski definition) is 5. The molecule has 0 amide bonds. The molecule has 0 unspecified atom stereocenters. The molecular formula is C17H22O4S. The van der Waals surface area contributed by atoms with Crippen molar-refractivity contribution in [1.82, 2.24) is 0 Å². The summed E-state index contributed by atoms with van der Waals surface area (Å²) in [5.41, 5.74) is -1.71. The Balaban J connectivity index is 2.82. The van der Waals surface area contributed by atoms with E-state index in [1.807, 2.05) is 30.3 Å². The Morgan fingerprint density at radius 1 is 1.05 bits per heavy atom. The van der Waals surface area contributed by atoms with Gasteiger partial charge in [-0.05, 0) is 39.5 Å². The highest BCUT2D eigenvalue weighted by molar-refractivity contribution is 8.13. The predicted molar refractivity (Wildman–Crippen MR) is 87.6 cm³/mol. The van der Waals surface area contributed by atoms with Gasteiger partial charge in [0.2, 0.25) is 5.12 Å². The van der Waals surface area contributed by atoms with Crippen LogP contribution in [0.5, 0.6) is 0 Å². The molecule has 4 nitrogen and oxygen atoms in total. The highest BCUT2D eigenvalue weighted by Gasteiger charge is 2.42. The van der Waals surface area contributed by atoms with Crippen molar-refractivity contribution in [2.24, 2.45) is 5.41 Å². The monoisotopic (exact) mass is 322 g/mol. The fourth-order valence-corrected chi connectivity index (χ4v) is 2.30. The van der Waals surface area contributed by atoms with Crippen LogP contribution in [0.15, 0.2) is 30.3 Å². The van der Waals surface area contributed by atoms with Crippen molar-refractivity contribution < 1.29 is 19.1 Å². The van der Waals surface area contributed by atoms with E-state index in [4.69, 9.17) is 4.74 Å². The maximum Gasteiger partial charge on any atom is 0.320 e. The van der Waals surface area contributed by atoms with Crippen LogP contribution in [0.1, 0.15) is 33.3 Å². The SMILES string of the molecule is CSC(=O)C(C)(C)OC(=O)C(C)(C)C(=O)Cc1ccccc1. The van der Waals surface area contributed by atoms with Crippen LogP contribution in [-0.4, -0.2) is 28.7 Å². The second-order valence-electron chi connectivity index (χ2n) is 6.10. The summed E-state index contributed by atoms with van der Waals surface area (Å²) in [6, 6.07) is 9.22. The van der Waals surface area contributed by atoms with E-state index in [9.17, 15) is 14.4 Å². The number of esters is 1. The van der Waals surface area contributed by atoms with Crippen LogP contribution in [0.3, 0.4) is 0 Å². The molecule has 0 atom stereocenters. The largest absolute Gasteiger partial charge is 0.450 e. The van der Waals surface area contributed by atoms with Gasteiger partial charge in [-0.15, -0.1) is 0 Å². The van der Waals surface area contributed by atoms with E-state index in [2.05, 4.69) is 0 Å². The normalized spacial score (nSPS) is 11.9. The fraction of sp³-hybridized carbons (Fsp3) is 0.471. The maximum absolute atomic E-state index is 12.4. The van der Waals surface area contributed by atoms with Crippen LogP contribution in [0.25, 0.3) is 0 Å². The molecule has 0 bridgehead atoms. The molecule has 0 aliphatic heterocycles. The summed E-state index contributed by atoms with van der Waals surface area (Å²) in [6.07, 6.45) is 1.78. The molecule has 0 fully saturated rings. The summed E-state index contributed by atoms with van der Waals surface area (Å²) in [6.45, 7) is 6.11. The third kappa shape index (κ3) is 4.44. The lowest BCUT2D eigenvalue weighted by Crippen LogP contribution is -2.43. The molecule has 0 radical (unpaired) electrons. The number of ketones is 1. The van der Waals surface area contributed by atoms with Gasteiger partial charge in [-0.25, -0.2) is 0 Å². The summed E-state index contributed by atoms with van der Waals surface area (Å²) in [5.74, 6) is -0.920. The quantitative estimate of drug-likeness (QED) is 0.595. The van der Waals surface area contributed by atoms with E-state index in [-0.39, 0.29) is 17.3 Å². The summed E-state index contributed by atoms with van der Waals surface area (Å²) >= 11 is 0.994. The zero-order valence-corrected chi connectivity index (χ0v) is 14.5. The molecule has 1 aromatic carbocycles. The Hall–Kier alpha value is -1.62. The van der Waals surface area contributed by atoms with E-state index in [0.29, 0.717) is 0 Å². The number of carbonyl (C=O) groups is 3. The summed E-state index contributed by atoms with van der Waals surface area (Å²) in [4.78, 5) is 36.5. The van der Waals surface area contributed by atoms with Crippen LogP contribution >= 0.6 is 11.8 Å². The lowest BCUT2D eigenvalue weighted by Gasteiger charge is -2.28. The minimum absolute atomic E-state index is 0.153. The molecular weight excluding hydrogens is 300 g/mol. The first-order valence-electron chi connectivity index (χ1n) is 7.00. The molecule has 0 aromatic heterocycles. The van der Waals surface area contributed by atoms with Gasteiger partial charge >= 0.3 is 5.97 Å². The lowest BCUT2D eigenvalue weighted by molar-refractivity contribution is -0.171. The molecule has 1 rings (SSSR count). The maximum atomic E-state index is 12.4. The average molecular weight is 322 g/mol. The van der Waals surface area contributed by atoms with Gasteiger partial charge in [0.1, 0.15) is 5.41 Å². The van der Waals surface area contributed by atoms with Gasteiger partial charge in [-0.1, -0.05) is 42.1 Å². The number of hydrogen-bond donors (Lipinski definition) is 0. The number of Topliss-reactive ketones (excluding diaryl/α,β-unsaturated/α-hetero) is 1. The zero-order chi connectivity index (χ0) is 17.0. The van der Waals surface area contributed by atoms with Crippen molar-refractivity contribution in [1.29, 1.82) is 0 Å². The Morgan fingerprint density at radius 2 is 1.59 bits per heavy atom. The van der Waals surface area contributed by atoms with Crippen molar-refractivity contribution in [3.05, 3.63) is 35.9 Å². The van der Waals surface area contributed by atoms with Crippen LogP contribution in [0.4, 0.5) is 0 Å². The smallest absolute Gasteiger partial charge is 0.320 e. The van der Waals surface area contributed by atoms with Crippen molar-refractivity contribution in [2.75, 3.05) is 6.26 Å². The third-order valence-electron chi connectivity index (χ3n) is 3.44. The Labute approximate surface area is 135 Å². The Kier molecular flexibility index (Phi) is 5.94. The summed E-state index contributed by atoms with van der Waals surface area (Å²) in [7, 11) is 0. The van der Waals surface area contributed by atoms with E-state index in [0.717, 1.165) is 17.3 Å². The molecule has 0 N–H and O–H groups in total. The molecule has 120 valence electrons. The van der Waals surface area contributed by atoms with Gasteiger partial charge in [-0.2, -0.15) is 0 Å². The molecule has 0 spiro atoms. The highest BCUT2D eigenvalue weighted by atomic mass is 32.2. The molecule has 22 heavy (non-hydrogen) atoms. The summed E-state index contributed by atoms with van der Waals surface area (Å²) in [5, 5.41) is -0.257. The van der Waals surface area contributed by atoms with Gasteiger partial charge in [0, 0.05) is 6.42 Å². The van der Waals surface area contributed by atoms with E-state index in [1.165, 1.54) is 27.7 Å². The number of carbonyl (C=O) groups excluding carboxylic acids is 3. The number of thioether (sulfide) groups is 1. The van der Waals surface area contributed by atoms with Crippen LogP contribution in [0, 0.1) is 5.41 Å². The van der Waals surface area contributed by atoms with Crippen LogP contribution in [-0.2, 0) is 25.5 Å². The zero-order valence-electron chi connectivity index (χ0n) is 13.6. The molecule has 0 heterocycles. The molecule has 0 saturated carbocycles. The van der Waals surface area contributed by atoms with E-state index < -0.39 is 17.0 Å². The highest BCUT2D eigenvalue weighted by Crippen LogP contribution is 2.26. The molecule has 0 saturated heterocycles. The number of ether oxygens (including phenoxy) is 1. The van der Waals surface area contributed by atoms with Crippen molar-refractivity contribution in [3.8, 4) is 0 Å². The molecule has 0 aliphatic rings. The van der Waals surface area contributed by atoms with Gasteiger partial charge in [0.15, 0.2) is 11.4 Å². The lowest BCUT2D eigenvalue weighted by atomic mass is 9.84. The second-order valence-corrected chi connectivity index (χ2v) is 6.88. The van der Waals surface area contributed by atoms with Gasteiger partial charge in [0.25, 0.3) is 0 Å². The standard InChI is InChI=1S/C17H22O4S/c1-16(2,13(18)11-12-9-7-6-8-10-12)14(19)21-17(3,4)15(20)22-5/h6-10H,11H2,1-5H3. The van der Waals surface area contributed by atoms with E-state index >= 15 is 0 Å². The first-order chi connectivity index (χ1) is 10.1. The first kappa shape index (κ1) is 18.4. The summed E-state index contributed by atoms with van der Waals surface area (Å²) < 4.78 is 5.28. The van der Waals surface area contributed by atoms with Crippen molar-refractivity contribution in [3.63, 3.8) is 0 Å². The minimum atomic E-state index is -1.30. The third-order valence-corrected chi connectivity index (χ3v) is 4.30. The minimum Gasteiger partial charge on any atom is -0.450 e. The van der Waals surface area contributed by atoms with Gasteiger partial charge in [0.05, 0.1) is 0 Å². The van der Waals surface area contributed by atoms with Gasteiger partial charge in [-0.3, -0.25) is 14.4 Å². The van der Waals surface area contributed by atoms with Gasteiger partial charge < -0.3 is 4.74 Å². The fourth-order valence-electron chi connectivity index (χ4n) is 1.76. The molecule has 1 aromatic rings. The first-order valence-corrected chi connectivity index (χ1v) is 8.23. The van der Waals surface area contributed by atoms with Crippen LogP contribution < -0.4 is 0 Å². The number of rotatable bonds is 6. The molecule has 0 aliphatic carbocycles. The topological polar surface area (TPSA) is 60.4 Å². The predicted octanol–water partition coefficient (Wildman–Crippen LogP) is 3.04. The molecule has 5 heteroatoms. The van der Waals surface area contributed by atoms with Crippen molar-refractivity contribution >= 4 is 28.6 Å². The van der Waals surface area contributed by atoms with E-state index in [1.54, 1.807) is 6.26 Å². The second kappa shape index (κ2) is 7.09. The Morgan fingerprint density at radius 3 is 2.09 bits per heavy atom.